The van der Waals surface area contributed by atoms with Gasteiger partial charge < -0.3 is 33.8 Å². The lowest BCUT2D eigenvalue weighted by Gasteiger charge is -2.21. The molecular formula is C75H146O17P2. The van der Waals surface area contributed by atoms with E-state index in [2.05, 4.69) is 34.6 Å². The van der Waals surface area contributed by atoms with Crippen LogP contribution in [0.2, 0.25) is 0 Å². The third-order valence-corrected chi connectivity index (χ3v) is 19.4. The Labute approximate surface area is 575 Å². The number of carbonyl (C=O) groups excluding carboxylic acids is 4. The predicted molar refractivity (Wildman–Crippen MR) is 382 cm³/mol. The van der Waals surface area contributed by atoms with Crippen molar-refractivity contribution >= 4 is 39.5 Å². The monoisotopic (exact) mass is 1380 g/mol. The average Bonchev–Trinajstić information content (AvgIpc) is 1.19. The summed E-state index contributed by atoms with van der Waals surface area (Å²) in [6.45, 7) is 7.23. The van der Waals surface area contributed by atoms with E-state index in [1.807, 2.05) is 0 Å². The molecule has 0 fully saturated rings. The molecule has 0 rings (SSSR count). The lowest BCUT2D eigenvalue weighted by molar-refractivity contribution is -0.161. The molecule has 0 aliphatic heterocycles. The zero-order valence-corrected chi connectivity index (χ0v) is 62.9. The van der Waals surface area contributed by atoms with E-state index >= 15 is 0 Å². The van der Waals surface area contributed by atoms with Crippen LogP contribution in [-0.4, -0.2) is 96.7 Å². The van der Waals surface area contributed by atoms with Crippen LogP contribution in [0.3, 0.4) is 0 Å². The number of esters is 4. The first-order valence-corrected chi connectivity index (χ1v) is 42.1. The standard InChI is InChI=1S/C75H146O17P2/c1-6-9-12-15-18-21-24-27-28-29-30-31-32-34-37-40-45-51-56-61-75(80)91-70(64-85-72(77)58-53-48-43-38-36-33-25-22-19-16-13-10-7-2)66-89-93(81,82)87-62-69(76)63-88-94(83,84)90-67-71(65-86-73(78)59-54-49-46-41-42-47-52-57-68(4)5)92-74(79)60-55-50-44-39-35-26-23-20-17-14-11-8-3/h68-71,76H,6-67H2,1-5H3,(H,81,82)(H,83,84)/t69-,70-,71-/m1/s1. The second kappa shape index (κ2) is 68.2. The lowest BCUT2D eigenvalue weighted by atomic mass is 10.0. The molecular weight excluding hydrogens is 1230 g/mol. The van der Waals surface area contributed by atoms with Gasteiger partial charge in [0, 0.05) is 25.7 Å². The number of aliphatic hydroxyl groups is 1. The Morgan fingerprint density at radius 1 is 0.287 bits per heavy atom. The van der Waals surface area contributed by atoms with Crippen LogP contribution in [0.5, 0.6) is 0 Å². The minimum absolute atomic E-state index is 0.107. The van der Waals surface area contributed by atoms with Crippen LogP contribution in [0.25, 0.3) is 0 Å². The molecule has 2 unspecified atom stereocenters. The van der Waals surface area contributed by atoms with Crippen molar-refractivity contribution in [2.75, 3.05) is 39.6 Å². The highest BCUT2D eigenvalue weighted by Gasteiger charge is 2.30. The van der Waals surface area contributed by atoms with Gasteiger partial charge in [-0.2, -0.15) is 0 Å². The summed E-state index contributed by atoms with van der Waals surface area (Å²) < 4.78 is 68.5. The van der Waals surface area contributed by atoms with Crippen LogP contribution in [0, 0.1) is 5.92 Å². The van der Waals surface area contributed by atoms with Gasteiger partial charge in [-0.1, -0.05) is 343 Å². The molecule has 3 N–H and O–H groups in total. The number of ether oxygens (including phenoxy) is 4. The molecule has 558 valence electrons. The maximum Gasteiger partial charge on any atom is 0.472 e. The number of phosphoric acid groups is 2. The van der Waals surface area contributed by atoms with Crippen molar-refractivity contribution in [2.45, 2.75) is 412 Å². The smallest absolute Gasteiger partial charge is 0.462 e. The highest BCUT2D eigenvalue weighted by molar-refractivity contribution is 7.47. The topological polar surface area (TPSA) is 237 Å². The molecule has 0 aromatic rings. The van der Waals surface area contributed by atoms with E-state index in [-0.39, 0.29) is 25.7 Å². The molecule has 0 aliphatic carbocycles. The first-order valence-electron chi connectivity index (χ1n) is 39.1. The van der Waals surface area contributed by atoms with E-state index in [9.17, 15) is 43.2 Å². The molecule has 17 nitrogen and oxygen atoms in total. The fourth-order valence-electron chi connectivity index (χ4n) is 11.5. The van der Waals surface area contributed by atoms with Gasteiger partial charge in [0.05, 0.1) is 26.4 Å². The van der Waals surface area contributed by atoms with E-state index in [1.165, 1.54) is 212 Å². The largest absolute Gasteiger partial charge is 0.472 e. The van der Waals surface area contributed by atoms with Gasteiger partial charge in [-0.3, -0.25) is 37.3 Å². The van der Waals surface area contributed by atoms with Gasteiger partial charge in [0.25, 0.3) is 0 Å². The van der Waals surface area contributed by atoms with Crippen molar-refractivity contribution in [1.29, 1.82) is 0 Å². The minimum atomic E-state index is -4.96. The number of hydrogen-bond donors (Lipinski definition) is 3. The molecule has 0 saturated carbocycles. The third kappa shape index (κ3) is 68.6. The SMILES string of the molecule is CCCCCCCCCCCCCCCCCCCCCC(=O)O[C@H](COC(=O)CCCCCCCCCCCCCCC)COP(=O)(O)OC[C@@H](O)COP(=O)(O)OC[C@@H](COC(=O)CCCCCCCCCC(C)C)OC(=O)CCCCCCCCCCCCCC. The summed E-state index contributed by atoms with van der Waals surface area (Å²) in [5.74, 6) is -1.41. The lowest BCUT2D eigenvalue weighted by Crippen LogP contribution is -2.30. The highest BCUT2D eigenvalue weighted by Crippen LogP contribution is 2.45. The van der Waals surface area contributed by atoms with Crippen LogP contribution < -0.4 is 0 Å². The van der Waals surface area contributed by atoms with Crippen molar-refractivity contribution in [3.63, 3.8) is 0 Å². The minimum Gasteiger partial charge on any atom is -0.462 e. The van der Waals surface area contributed by atoms with E-state index in [1.54, 1.807) is 0 Å². The fourth-order valence-corrected chi connectivity index (χ4v) is 13.1. The fraction of sp³-hybridized carbons (Fsp3) is 0.947. The van der Waals surface area contributed by atoms with Crippen LogP contribution in [0.15, 0.2) is 0 Å². The van der Waals surface area contributed by atoms with Gasteiger partial charge in [0.1, 0.15) is 19.3 Å². The normalized spacial score (nSPS) is 14.0. The van der Waals surface area contributed by atoms with Crippen molar-refractivity contribution in [3.05, 3.63) is 0 Å². The van der Waals surface area contributed by atoms with E-state index in [0.29, 0.717) is 31.6 Å². The summed E-state index contributed by atoms with van der Waals surface area (Å²) in [5.41, 5.74) is 0. The second-order valence-corrected chi connectivity index (χ2v) is 30.4. The third-order valence-electron chi connectivity index (χ3n) is 17.5. The van der Waals surface area contributed by atoms with Gasteiger partial charge in [-0.25, -0.2) is 9.13 Å². The number of carbonyl (C=O) groups is 4. The molecule has 0 amide bonds. The van der Waals surface area contributed by atoms with Crippen molar-refractivity contribution in [2.24, 2.45) is 5.92 Å². The summed E-state index contributed by atoms with van der Waals surface area (Å²) in [6.07, 6.45) is 56.9. The van der Waals surface area contributed by atoms with Gasteiger partial charge in [0.2, 0.25) is 0 Å². The van der Waals surface area contributed by atoms with E-state index in [0.717, 1.165) is 96.3 Å². The van der Waals surface area contributed by atoms with Crippen molar-refractivity contribution in [1.82, 2.24) is 0 Å². The molecule has 0 aliphatic rings. The summed E-state index contributed by atoms with van der Waals surface area (Å²) >= 11 is 0. The van der Waals surface area contributed by atoms with Gasteiger partial charge >= 0.3 is 39.5 Å². The number of hydrogen-bond acceptors (Lipinski definition) is 15. The molecule has 5 atom stereocenters. The van der Waals surface area contributed by atoms with Crippen LogP contribution in [0.1, 0.15) is 394 Å². The molecule has 0 heterocycles. The van der Waals surface area contributed by atoms with Crippen LogP contribution >= 0.6 is 15.6 Å². The Bertz CT molecular complexity index is 1810. The number of aliphatic hydroxyl groups excluding tert-OH is 1. The molecule has 0 aromatic heterocycles. The molecule has 19 heteroatoms. The molecule has 0 radical (unpaired) electrons. The zero-order valence-electron chi connectivity index (χ0n) is 61.1. The molecule has 94 heavy (non-hydrogen) atoms. The molecule has 0 spiro atoms. The van der Waals surface area contributed by atoms with Crippen molar-refractivity contribution < 1.29 is 80.2 Å². The quantitative estimate of drug-likeness (QED) is 0.0222. The average molecular weight is 1380 g/mol. The first-order chi connectivity index (χ1) is 45.5. The van der Waals surface area contributed by atoms with Gasteiger partial charge in [-0.05, 0) is 31.6 Å². The Balaban J connectivity index is 5.22. The first kappa shape index (κ1) is 92.1. The van der Waals surface area contributed by atoms with Gasteiger partial charge in [0.15, 0.2) is 12.2 Å². The Morgan fingerprint density at radius 2 is 0.489 bits per heavy atom. The van der Waals surface area contributed by atoms with Crippen LogP contribution in [0.4, 0.5) is 0 Å². The summed E-state index contributed by atoms with van der Waals surface area (Å²) in [7, 11) is -9.91. The number of unbranched alkanes of at least 4 members (excludes halogenated alkanes) is 47. The van der Waals surface area contributed by atoms with Crippen LogP contribution in [-0.2, 0) is 65.4 Å². The van der Waals surface area contributed by atoms with E-state index < -0.39 is 97.5 Å². The van der Waals surface area contributed by atoms with Crippen molar-refractivity contribution in [3.8, 4) is 0 Å². The zero-order chi connectivity index (χ0) is 69.1. The summed E-state index contributed by atoms with van der Waals surface area (Å²) in [4.78, 5) is 72.7. The molecule has 0 bridgehead atoms. The maximum atomic E-state index is 13.1. The Morgan fingerprint density at radius 3 is 0.723 bits per heavy atom. The maximum absolute atomic E-state index is 13.1. The van der Waals surface area contributed by atoms with Gasteiger partial charge in [-0.15, -0.1) is 0 Å². The highest BCUT2D eigenvalue weighted by atomic mass is 31.2. The van der Waals surface area contributed by atoms with E-state index in [4.69, 9.17) is 37.0 Å². The summed E-state index contributed by atoms with van der Waals surface area (Å²) in [6, 6.07) is 0. The molecule has 0 aromatic carbocycles. The number of rotatable bonds is 75. The number of phosphoric ester groups is 2. The predicted octanol–water partition coefficient (Wildman–Crippen LogP) is 22.1. The molecule has 0 saturated heterocycles. The Kier molecular flexibility index (Phi) is 66.8. The Hall–Kier alpha value is -1.94. The second-order valence-electron chi connectivity index (χ2n) is 27.5. The summed E-state index contributed by atoms with van der Waals surface area (Å²) in [5, 5.41) is 10.6.